The summed E-state index contributed by atoms with van der Waals surface area (Å²) in [5.74, 6) is 2.18. The number of imidazole rings is 1. The number of nitrogens with zero attached hydrogens (tertiary/aromatic N) is 3. The van der Waals surface area contributed by atoms with Crippen LogP contribution in [0.15, 0.2) is 12.1 Å². The predicted molar refractivity (Wildman–Crippen MR) is 85.0 cm³/mol. The van der Waals surface area contributed by atoms with Crippen molar-refractivity contribution in [3.63, 3.8) is 0 Å². The largest absolute Gasteiger partial charge is 0.310 e. The number of fused-ring (bicyclic) bond motifs is 1. The minimum absolute atomic E-state index is 0.219. The van der Waals surface area contributed by atoms with Crippen LogP contribution in [0.5, 0.6) is 0 Å². The predicted octanol–water partition coefficient (Wildman–Crippen LogP) is 2.85. The second kappa shape index (κ2) is 6.68. The lowest BCUT2D eigenvalue weighted by molar-refractivity contribution is 0.522. The van der Waals surface area contributed by atoms with Crippen molar-refractivity contribution in [1.82, 2.24) is 14.5 Å². The Morgan fingerprint density at radius 3 is 2.80 bits per heavy atom. The van der Waals surface area contributed by atoms with E-state index >= 15 is 0 Å². The molecule has 2 atom stereocenters. The number of aryl methyl sites for hydroxylation is 2. The summed E-state index contributed by atoms with van der Waals surface area (Å²) >= 11 is 5.88. The quantitative estimate of drug-likeness (QED) is 0.770. The van der Waals surface area contributed by atoms with Gasteiger partial charge in [-0.2, -0.15) is 0 Å². The minimum Gasteiger partial charge on any atom is -0.310 e. The minimum atomic E-state index is -0.776. The van der Waals surface area contributed by atoms with Crippen LogP contribution in [0.25, 0.3) is 11.2 Å². The number of alkyl halides is 1. The van der Waals surface area contributed by atoms with E-state index in [4.69, 9.17) is 11.6 Å². The Bertz CT molecular complexity index is 626. The molecule has 0 aliphatic rings. The lowest BCUT2D eigenvalue weighted by atomic mass is 10.2. The molecule has 2 aromatic heterocycles. The van der Waals surface area contributed by atoms with Crippen molar-refractivity contribution in [1.29, 1.82) is 0 Å². The first-order valence-electron chi connectivity index (χ1n) is 6.73. The van der Waals surface area contributed by atoms with Gasteiger partial charge in [-0.15, -0.1) is 11.6 Å². The Balaban J connectivity index is 2.43. The van der Waals surface area contributed by atoms with Crippen LogP contribution in [0.1, 0.15) is 30.9 Å². The summed E-state index contributed by atoms with van der Waals surface area (Å²) in [6.45, 7) is 4.10. The number of aromatic nitrogens is 3. The maximum absolute atomic E-state index is 11.3. The lowest BCUT2D eigenvalue weighted by Gasteiger charge is -2.16. The van der Waals surface area contributed by atoms with Crippen molar-refractivity contribution >= 4 is 33.6 Å². The molecule has 0 aliphatic heterocycles. The topological polar surface area (TPSA) is 47.8 Å². The molecule has 2 rings (SSSR count). The Morgan fingerprint density at radius 2 is 2.15 bits per heavy atom. The molecule has 0 N–H and O–H groups in total. The zero-order valence-electron chi connectivity index (χ0n) is 12.1. The van der Waals surface area contributed by atoms with Gasteiger partial charge in [0.15, 0.2) is 5.65 Å². The summed E-state index contributed by atoms with van der Waals surface area (Å²) in [5, 5.41) is 0. The summed E-state index contributed by atoms with van der Waals surface area (Å²) < 4.78 is 13.4. The first kappa shape index (κ1) is 15.4. The first-order chi connectivity index (χ1) is 9.52. The smallest absolute Gasteiger partial charge is 0.160 e. The Hall–Kier alpha value is -0.940. The Morgan fingerprint density at radius 1 is 1.40 bits per heavy atom. The van der Waals surface area contributed by atoms with Crippen LogP contribution < -0.4 is 0 Å². The fourth-order valence-corrected chi connectivity index (χ4v) is 3.15. The van der Waals surface area contributed by atoms with E-state index in [1.165, 1.54) is 0 Å². The van der Waals surface area contributed by atoms with E-state index in [-0.39, 0.29) is 6.04 Å². The van der Waals surface area contributed by atoms with Crippen LogP contribution in [0, 0.1) is 6.92 Å². The molecule has 0 spiro atoms. The van der Waals surface area contributed by atoms with Crippen LogP contribution in [-0.4, -0.2) is 36.6 Å². The van der Waals surface area contributed by atoms with Crippen molar-refractivity contribution in [3.05, 3.63) is 23.7 Å². The van der Waals surface area contributed by atoms with E-state index < -0.39 is 10.8 Å². The van der Waals surface area contributed by atoms with Crippen LogP contribution in [0.2, 0.25) is 0 Å². The maximum Gasteiger partial charge on any atom is 0.160 e. The fraction of sp³-hybridized carbons (Fsp3) is 0.571. The van der Waals surface area contributed by atoms with Gasteiger partial charge in [-0.3, -0.25) is 4.21 Å². The number of rotatable bonds is 6. The number of halogens is 1. The number of hydrogen-bond acceptors (Lipinski definition) is 3. The van der Waals surface area contributed by atoms with Crippen molar-refractivity contribution in [3.8, 4) is 0 Å². The van der Waals surface area contributed by atoms with Crippen LogP contribution in [0.3, 0.4) is 0 Å². The second-order valence-electron chi connectivity index (χ2n) is 5.05. The van der Waals surface area contributed by atoms with E-state index in [1.807, 2.05) is 19.1 Å². The van der Waals surface area contributed by atoms with E-state index in [2.05, 4.69) is 21.5 Å². The highest BCUT2D eigenvalue weighted by molar-refractivity contribution is 7.84. The van der Waals surface area contributed by atoms with Crippen molar-refractivity contribution in [2.45, 2.75) is 32.7 Å². The lowest BCUT2D eigenvalue weighted by Crippen LogP contribution is -2.13. The molecule has 2 aromatic rings. The summed E-state index contributed by atoms with van der Waals surface area (Å²) in [7, 11) is -0.776. The van der Waals surface area contributed by atoms with Gasteiger partial charge in [-0.05, 0) is 32.4 Å². The number of hydrogen-bond donors (Lipinski definition) is 0. The summed E-state index contributed by atoms with van der Waals surface area (Å²) in [6, 6.07) is 4.18. The summed E-state index contributed by atoms with van der Waals surface area (Å²) in [6.07, 6.45) is 3.30. The average Bonchev–Trinajstić information content (AvgIpc) is 2.73. The van der Waals surface area contributed by atoms with Crippen molar-refractivity contribution in [2.24, 2.45) is 0 Å². The van der Waals surface area contributed by atoms with Gasteiger partial charge in [0.05, 0.1) is 0 Å². The molecule has 0 aliphatic carbocycles. The summed E-state index contributed by atoms with van der Waals surface area (Å²) in [5.41, 5.74) is 2.78. The third-order valence-corrected chi connectivity index (χ3v) is 4.33. The van der Waals surface area contributed by atoms with E-state index in [0.717, 1.165) is 35.5 Å². The van der Waals surface area contributed by atoms with Gasteiger partial charge in [0, 0.05) is 46.8 Å². The molecule has 0 saturated heterocycles. The molecule has 0 bridgehead atoms. The molecule has 2 heterocycles. The molecule has 0 amide bonds. The third-order valence-electron chi connectivity index (χ3n) is 3.33. The molecular weight excluding hydrogens is 294 g/mol. The molecule has 2 unspecified atom stereocenters. The maximum atomic E-state index is 11.3. The molecule has 20 heavy (non-hydrogen) atoms. The highest BCUT2D eigenvalue weighted by Crippen LogP contribution is 2.23. The molecule has 0 aromatic carbocycles. The molecule has 0 fully saturated rings. The molecule has 4 nitrogen and oxygen atoms in total. The van der Waals surface area contributed by atoms with E-state index in [9.17, 15) is 4.21 Å². The highest BCUT2D eigenvalue weighted by Gasteiger charge is 2.17. The molecule has 0 saturated carbocycles. The van der Waals surface area contributed by atoms with Gasteiger partial charge >= 0.3 is 0 Å². The monoisotopic (exact) mass is 313 g/mol. The van der Waals surface area contributed by atoms with Gasteiger partial charge in [-0.25, -0.2) is 9.97 Å². The zero-order chi connectivity index (χ0) is 14.7. The zero-order valence-corrected chi connectivity index (χ0v) is 13.7. The summed E-state index contributed by atoms with van der Waals surface area (Å²) in [4.78, 5) is 9.24. The number of pyridine rings is 1. The van der Waals surface area contributed by atoms with Gasteiger partial charge in [-0.1, -0.05) is 0 Å². The highest BCUT2D eigenvalue weighted by atomic mass is 35.5. The Labute approximate surface area is 127 Å². The van der Waals surface area contributed by atoms with Gasteiger partial charge in [0.1, 0.15) is 11.3 Å². The van der Waals surface area contributed by atoms with Crippen LogP contribution in [0.4, 0.5) is 0 Å². The van der Waals surface area contributed by atoms with Crippen molar-refractivity contribution < 1.29 is 4.21 Å². The standard InChI is InChI=1S/C14H20ClN3OS/c1-10-4-5-12-14(16-10)18(13(17-12)6-8-15)11(2)7-9-20(3)19/h4-5,11H,6-9H2,1-3H3. The fourth-order valence-electron chi connectivity index (χ4n) is 2.30. The first-order valence-corrected chi connectivity index (χ1v) is 8.99. The molecule has 110 valence electrons. The third kappa shape index (κ3) is 3.38. The second-order valence-corrected chi connectivity index (χ2v) is 6.98. The van der Waals surface area contributed by atoms with Crippen LogP contribution in [-0.2, 0) is 17.2 Å². The van der Waals surface area contributed by atoms with E-state index in [1.54, 1.807) is 6.26 Å². The molecular formula is C14H20ClN3OS. The normalized spacial score (nSPS) is 14.6. The van der Waals surface area contributed by atoms with Gasteiger partial charge in [0.2, 0.25) is 0 Å². The van der Waals surface area contributed by atoms with E-state index in [0.29, 0.717) is 11.6 Å². The van der Waals surface area contributed by atoms with Gasteiger partial charge < -0.3 is 4.57 Å². The molecule has 6 heteroatoms. The van der Waals surface area contributed by atoms with Gasteiger partial charge in [0.25, 0.3) is 0 Å². The van der Waals surface area contributed by atoms with Crippen LogP contribution >= 0.6 is 11.6 Å². The SMILES string of the molecule is Cc1ccc2nc(CCCl)n(C(C)CCS(C)=O)c2n1. The average molecular weight is 314 g/mol. The van der Waals surface area contributed by atoms with Crippen molar-refractivity contribution in [2.75, 3.05) is 17.9 Å². The molecule has 0 radical (unpaired) electrons. The Kier molecular flexibility index (Phi) is 5.16.